The maximum Gasteiger partial charge on any atom is 0.271 e. The van der Waals surface area contributed by atoms with Crippen LogP contribution in [0.15, 0.2) is 47.9 Å². The molecular formula is C25H31F2N5O2. The number of nitrogens with zero attached hydrogens (tertiary/aromatic N) is 2. The quantitative estimate of drug-likeness (QED) is 0.438. The van der Waals surface area contributed by atoms with Gasteiger partial charge >= 0.3 is 0 Å². The predicted molar refractivity (Wildman–Crippen MR) is 126 cm³/mol. The first-order valence-electron chi connectivity index (χ1n) is 11.4. The first-order chi connectivity index (χ1) is 16.2. The molecule has 1 amide bonds. The van der Waals surface area contributed by atoms with Crippen LogP contribution in [0.1, 0.15) is 60.8 Å². The Hall–Kier alpha value is -3.33. The van der Waals surface area contributed by atoms with Crippen LogP contribution in [0.2, 0.25) is 0 Å². The van der Waals surface area contributed by atoms with Crippen molar-refractivity contribution in [2.24, 2.45) is 23.3 Å². The number of hydrogen-bond acceptors (Lipinski definition) is 6. The fourth-order valence-corrected chi connectivity index (χ4v) is 4.31. The lowest BCUT2D eigenvalue weighted by molar-refractivity contribution is 0.0945. The van der Waals surface area contributed by atoms with Gasteiger partial charge in [-0.25, -0.2) is 13.8 Å². The molecule has 1 aromatic carbocycles. The molecule has 1 heterocycles. The summed E-state index contributed by atoms with van der Waals surface area (Å²) >= 11 is 0. The molecule has 0 spiro atoms. The van der Waals surface area contributed by atoms with Crippen LogP contribution in [0.4, 0.5) is 8.78 Å². The second-order valence-corrected chi connectivity index (χ2v) is 8.75. The molecule has 0 aliphatic heterocycles. The van der Waals surface area contributed by atoms with E-state index in [2.05, 4.69) is 29.1 Å². The van der Waals surface area contributed by atoms with Gasteiger partial charge in [0.15, 0.2) is 0 Å². The summed E-state index contributed by atoms with van der Waals surface area (Å²) in [5, 5.41) is 11.6. The SMILES string of the molecule is CC(C)C1CCC(c2cncc(C(=O)NCCCO)n2)C(N)=C1/C=C(\N)c1c(F)cccc1F. The van der Waals surface area contributed by atoms with Crippen LogP contribution in [0.3, 0.4) is 0 Å². The predicted octanol–water partition coefficient (Wildman–Crippen LogP) is 3.23. The summed E-state index contributed by atoms with van der Waals surface area (Å²) in [7, 11) is 0. The van der Waals surface area contributed by atoms with Gasteiger partial charge < -0.3 is 21.9 Å². The normalized spacial score (nSPS) is 18.9. The Morgan fingerprint density at radius 3 is 2.62 bits per heavy atom. The van der Waals surface area contributed by atoms with Gasteiger partial charge in [0.25, 0.3) is 5.91 Å². The minimum Gasteiger partial charge on any atom is -0.401 e. The summed E-state index contributed by atoms with van der Waals surface area (Å²) < 4.78 is 28.6. The van der Waals surface area contributed by atoms with Crippen LogP contribution in [0.25, 0.3) is 5.70 Å². The van der Waals surface area contributed by atoms with Crippen molar-refractivity contribution < 1.29 is 18.7 Å². The van der Waals surface area contributed by atoms with Gasteiger partial charge in [-0.05, 0) is 54.9 Å². The zero-order chi connectivity index (χ0) is 24.8. The molecule has 0 saturated carbocycles. The molecule has 7 nitrogen and oxygen atoms in total. The minimum atomic E-state index is -0.743. The number of amides is 1. The number of aliphatic hydroxyl groups excluding tert-OH is 1. The van der Waals surface area contributed by atoms with Crippen molar-refractivity contribution in [1.82, 2.24) is 15.3 Å². The number of aromatic nitrogens is 2. The van der Waals surface area contributed by atoms with E-state index in [0.29, 0.717) is 36.4 Å². The van der Waals surface area contributed by atoms with E-state index in [0.717, 1.165) is 18.6 Å². The zero-order valence-electron chi connectivity index (χ0n) is 19.4. The van der Waals surface area contributed by atoms with E-state index >= 15 is 0 Å². The Balaban J connectivity index is 2.00. The summed E-state index contributed by atoms with van der Waals surface area (Å²) in [6.07, 6.45) is 6.39. The van der Waals surface area contributed by atoms with E-state index in [1.807, 2.05) is 0 Å². The Morgan fingerprint density at radius 1 is 1.26 bits per heavy atom. The molecule has 2 atom stereocenters. The lowest BCUT2D eigenvalue weighted by atomic mass is 9.73. The molecule has 182 valence electrons. The topological polar surface area (TPSA) is 127 Å². The van der Waals surface area contributed by atoms with E-state index in [1.54, 1.807) is 12.3 Å². The van der Waals surface area contributed by atoms with Crippen LogP contribution in [-0.2, 0) is 0 Å². The number of benzene rings is 1. The molecule has 34 heavy (non-hydrogen) atoms. The summed E-state index contributed by atoms with van der Waals surface area (Å²) in [6.45, 7) is 4.42. The smallest absolute Gasteiger partial charge is 0.271 e. The average molecular weight is 472 g/mol. The first-order valence-corrected chi connectivity index (χ1v) is 11.4. The van der Waals surface area contributed by atoms with Crippen molar-refractivity contribution in [3.05, 3.63) is 76.5 Å². The third kappa shape index (κ3) is 5.59. The third-order valence-corrected chi connectivity index (χ3v) is 6.11. The number of nitrogens with two attached hydrogens (primary N) is 2. The molecule has 9 heteroatoms. The van der Waals surface area contributed by atoms with E-state index in [1.165, 1.54) is 12.3 Å². The van der Waals surface area contributed by atoms with E-state index in [-0.39, 0.29) is 47.2 Å². The van der Waals surface area contributed by atoms with Crippen LogP contribution < -0.4 is 16.8 Å². The molecule has 0 saturated heterocycles. The number of allylic oxidation sites excluding steroid dienone is 3. The summed E-state index contributed by atoms with van der Waals surface area (Å²) in [4.78, 5) is 21.0. The van der Waals surface area contributed by atoms with Gasteiger partial charge in [-0.3, -0.25) is 9.78 Å². The van der Waals surface area contributed by atoms with Crippen molar-refractivity contribution in [2.45, 2.75) is 39.0 Å². The monoisotopic (exact) mass is 471 g/mol. The number of hydrogen-bond donors (Lipinski definition) is 4. The molecular weight excluding hydrogens is 440 g/mol. The Labute approximate surface area is 198 Å². The molecule has 6 N–H and O–H groups in total. The number of aliphatic hydroxyl groups is 1. The van der Waals surface area contributed by atoms with Crippen molar-refractivity contribution in [1.29, 1.82) is 0 Å². The molecule has 3 rings (SSSR count). The minimum absolute atomic E-state index is 0.0252. The summed E-state index contributed by atoms with van der Waals surface area (Å²) in [6, 6.07) is 3.61. The number of carbonyl (C=O) groups is 1. The maximum absolute atomic E-state index is 14.3. The summed E-state index contributed by atoms with van der Waals surface area (Å²) in [5.41, 5.74) is 14.3. The number of rotatable bonds is 8. The van der Waals surface area contributed by atoms with Crippen LogP contribution in [-0.4, -0.2) is 34.1 Å². The largest absolute Gasteiger partial charge is 0.401 e. The second kappa shape index (κ2) is 11.2. The Morgan fingerprint density at radius 2 is 1.97 bits per heavy atom. The summed E-state index contributed by atoms with van der Waals surface area (Å²) in [5.74, 6) is -1.93. The fourth-order valence-electron chi connectivity index (χ4n) is 4.31. The van der Waals surface area contributed by atoms with Crippen molar-refractivity contribution in [2.75, 3.05) is 13.2 Å². The average Bonchev–Trinajstić information content (AvgIpc) is 2.80. The molecule has 0 bridgehead atoms. The van der Waals surface area contributed by atoms with Gasteiger partial charge in [0.2, 0.25) is 0 Å². The fraction of sp³-hybridized carbons (Fsp3) is 0.400. The highest BCUT2D eigenvalue weighted by atomic mass is 19.1. The standard InChI is InChI=1S/C25H31F2N5O2/c1-14(2)15-7-8-16(21-12-30-13-22(32-21)25(34)31-9-4-10-33)24(29)17(15)11-20(28)23-18(26)5-3-6-19(23)27/h3,5-6,11-16,33H,4,7-10,28-29H2,1-2H3,(H,31,34)/b20-11-. The van der Waals surface area contributed by atoms with Crippen molar-refractivity contribution >= 4 is 11.6 Å². The Kier molecular flexibility index (Phi) is 8.33. The molecule has 0 fully saturated rings. The van der Waals surface area contributed by atoms with Gasteiger partial charge in [-0.15, -0.1) is 0 Å². The van der Waals surface area contributed by atoms with Crippen molar-refractivity contribution in [3.8, 4) is 0 Å². The van der Waals surface area contributed by atoms with E-state index < -0.39 is 11.6 Å². The van der Waals surface area contributed by atoms with Gasteiger partial charge in [-0.1, -0.05) is 19.9 Å². The molecule has 0 radical (unpaired) electrons. The molecule has 2 unspecified atom stereocenters. The van der Waals surface area contributed by atoms with Gasteiger partial charge in [-0.2, -0.15) is 0 Å². The van der Waals surface area contributed by atoms with E-state index in [4.69, 9.17) is 16.6 Å². The molecule has 1 aromatic heterocycles. The van der Waals surface area contributed by atoms with Crippen LogP contribution >= 0.6 is 0 Å². The van der Waals surface area contributed by atoms with Gasteiger partial charge in [0.05, 0.1) is 17.5 Å². The lowest BCUT2D eigenvalue weighted by Crippen LogP contribution is -2.28. The van der Waals surface area contributed by atoms with Crippen LogP contribution in [0.5, 0.6) is 0 Å². The molecule has 1 aliphatic carbocycles. The maximum atomic E-state index is 14.3. The highest BCUT2D eigenvalue weighted by Crippen LogP contribution is 2.41. The molecule has 2 aromatic rings. The highest BCUT2D eigenvalue weighted by molar-refractivity contribution is 5.91. The zero-order valence-corrected chi connectivity index (χ0v) is 19.4. The van der Waals surface area contributed by atoms with E-state index in [9.17, 15) is 13.6 Å². The Bertz CT molecular complexity index is 1080. The highest BCUT2D eigenvalue weighted by Gasteiger charge is 2.32. The van der Waals surface area contributed by atoms with Gasteiger partial charge in [0.1, 0.15) is 17.3 Å². The second-order valence-electron chi connectivity index (χ2n) is 8.75. The lowest BCUT2D eigenvalue weighted by Gasteiger charge is -2.33. The first kappa shape index (κ1) is 25.3. The van der Waals surface area contributed by atoms with Gasteiger partial charge in [0, 0.05) is 36.7 Å². The number of halogens is 2. The van der Waals surface area contributed by atoms with Crippen LogP contribution in [0, 0.1) is 23.5 Å². The third-order valence-electron chi connectivity index (χ3n) is 6.11. The van der Waals surface area contributed by atoms with Crippen molar-refractivity contribution in [3.63, 3.8) is 0 Å². The molecule has 1 aliphatic rings. The number of nitrogens with one attached hydrogen (secondary N) is 1. The number of carbonyl (C=O) groups excluding carboxylic acids is 1.